The zero-order valence-electron chi connectivity index (χ0n) is 15.2. The topological polar surface area (TPSA) is 91.8 Å². The van der Waals surface area contributed by atoms with Crippen molar-refractivity contribution in [3.8, 4) is 5.75 Å². The van der Waals surface area contributed by atoms with E-state index < -0.39 is 10.0 Å². The SMILES string of the molecule is COc1cccc(N2CCN(C(=O)Cc3csc(NS(C)(=O)=O)n3)CC2)c1. The summed E-state index contributed by atoms with van der Waals surface area (Å²) in [6.45, 7) is 2.76. The van der Waals surface area contributed by atoms with Gasteiger partial charge in [-0.15, -0.1) is 11.3 Å². The summed E-state index contributed by atoms with van der Waals surface area (Å²) in [6.07, 6.45) is 1.24. The number of anilines is 2. The maximum Gasteiger partial charge on any atom is 0.231 e. The number of methoxy groups -OCH3 is 1. The minimum atomic E-state index is -3.36. The van der Waals surface area contributed by atoms with E-state index in [1.807, 2.05) is 29.2 Å². The number of benzene rings is 1. The third kappa shape index (κ3) is 5.33. The first-order valence-electron chi connectivity index (χ1n) is 8.43. The molecule has 1 saturated heterocycles. The van der Waals surface area contributed by atoms with E-state index >= 15 is 0 Å². The number of carbonyl (C=O) groups is 1. The molecule has 1 aromatic carbocycles. The third-order valence-corrected chi connectivity index (χ3v) is 5.71. The van der Waals surface area contributed by atoms with Gasteiger partial charge in [-0.25, -0.2) is 13.4 Å². The van der Waals surface area contributed by atoms with Gasteiger partial charge in [0.05, 0.1) is 25.5 Å². The molecular weight excluding hydrogens is 388 g/mol. The molecule has 1 aliphatic heterocycles. The Hall–Kier alpha value is -2.33. The number of nitrogens with one attached hydrogen (secondary N) is 1. The number of rotatable bonds is 6. The highest BCUT2D eigenvalue weighted by molar-refractivity contribution is 7.92. The van der Waals surface area contributed by atoms with Crippen molar-refractivity contribution in [3.05, 3.63) is 35.3 Å². The number of piperazine rings is 1. The second-order valence-electron chi connectivity index (χ2n) is 6.26. The molecular formula is C17H22N4O4S2. The van der Waals surface area contributed by atoms with E-state index in [0.717, 1.165) is 30.8 Å². The van der Waals surface area contributed by atoms with Crippen LogP contribution in [0.4, 0.5) is 10.8 Å². The molecule has 2 aromatic rings. The Balaban J connectivity index is 1.54. The first-order chi connectivity index (χ1) is 12.8. The molecule has 1 amide bonds. The van der Waals surface area contributed by atoms with Crippen molar-refractivity contribution in [2.24, 2.45) is 0 Å². The van der Waals surface area contributed by atoms with E-state index in [0.29, 0.717) is 18.8 Å². The van der Waals surface area contributed by atoms with Crippen LogP contribution in [0.3, 0.4) is 0 Å². The zero-order chi connectivity index (χ0) is 19.4. The molecule has 1 aromatic heterocycles. The average molecular weight is 411 g/mol. The van der Waals surface area contributed by atoms with E-state index in [9.17, 15) is 13.2 Å². The van der Waals surface area contributed by atoms with Crippen molar-refractivity contribution in [2.45, 2.75) is 6.42 Å². The molecule has 0 aliphatic carbocycles. The van der Waals surface area contributed by atoms with Gasteiger partial charge >= 0.3 is 0 Å². The van der Waals surface area contributed by atoms with Crippen LogP contribution in [-0.4, -0.2) is 63.8 Å². The Kier molecular flexibility index (Phi) is 5.85. The van der Waals surface area contributed by atoms with Gasteiger partial charge < -0.3 is 14.5 Å². The van der Waals surface area contributed by atoms with Gasteiger partial charge in [-0.1, -0.05) is 6.07 Å². The van der Waals surface area contributed by atoms with Crippen LogP contribution < -0.4 is 14.4 Å². The fraction of sp³-hybridized carbons (Fsp3) is 0.412. The predicted octanol–water partition coefficient (Wildman–Crippen LogP) is 1.41. The molecule has 1 fully saturated rings. The van der Waals surface area contributed by atoms with Crippen LogP contribution in [0.25, 0.3) is 0 Å². The Morgan fingerprint density at radius 1 is 1.30 bits per heavy atom. The lowest BCUT2D eigenvalue weighted by Gasteiger charge is -2.36. The number of aromatic nitrogens is 1. The molecule has 146 valence electrons. The number of ether oxygens (including phenoxy) is 1. The molecule has 3 rings (SSSR count). The van der Waals surface area contributed by atoms with E-state index in [4.69, 9.17) is 4.74 Å². The molecule has 27 heavy (non-hydrogen) atoms. The van der Waals surface area contributed by atoms with Crippen molar-refractivity contribution in [2.75, 3.05) is 49.2 Å². The number of carbonyl (C=O) groups excluding carboxylic acids is 1. The fourth-order valence-electron chi connectivity index (χ4n) is 2.88. The highest BCUT2D eigenvalue weighted by atomic mass is 32.2. The number of amides is 1. The molecule has 1 N–H and O–H groups in total. The Morgan fingerprint density at radius 3 is 2.70 bits per heavy atom. The predicted molar refractivity (Wildman–Crippen MR) is 106 cm³/mol. The van der Waals surface area contributed by atoms with Crippen molar-refractivity contribution >= 4 is 38.1 Å². The lowest BCUT2D eigenvalue weighted by molar-refractivity contribution is -0.130. The smallest absolute Gasteiger partial charge is 0.231 e. The van der Waals surface area contributed by atoms with Crippen LogP contribution >= 0.6 is 11.3 Å². The Morgan fingerprint density at radius 2 is 2.04 bits per heavy atom. The monoisotopic (exact) mass is 410 g/mol. The van der Waals surface area contributed by atoms with E-state index in [1.165, 1.54) is 11.3 Å². The summed E-state index contributed by atoms with van der Waals surface area (Å²) in [5.74, 6) is 0.810. The highest BCUT2D eigenvalue weighted by Crippen LogP contribution is 2.22. The maximum atomic E-state index is 12.5. The molecule has 0 bridgehead atoms. The van der Waals surface area contributed by atoms with Crippen LogP contribution in [0.5, 0.6) is 5.75 Å². The van der Waals surface area contributed by atoms with Gasteiger partial charge in [-0.3, -0.25) is 9.52 Å². The Bertz CT molecular complexity index is 905. The molecule has 8 nitrogen and oxygen atoms in total. The van der Waals surface area contributed by atoms with E-state index in [1.54, 1.807) is 12.5 Å². The average Bonchev–Trinajstić information content (AvgIpc) is 3.06. The lowest BCUT2D eigenvalue weighted by Crippen LogP contribution is -2.49. The molecule has 2 heterocycles. The molecule has 10 heteroatoms. The quantitative estimate of drug-likeness (QED) is 0.774. The van der Waals surface area contributed by atoms with Gasteiger partial charge in [0.15, 0.2) is 5.13 Å². The van der Waals surface area contributed by atoms with Crippen LogP contribution in [0.2, 0.25) is 0 Å². The molecule has 0 spiro atoms. The normalized spacial score (nSPS) is 14.9. The minimum absolute atomic E-state index is 0.00324. The van der Waals surface area contributed by atoms with Gasteiger partial charge in [-0.2, -0.15) is 0 Å². The molecule has 0 saturated carbocycles. The molecule has 0 atom stereocenters. The number of sulfonamides is 1. The standard InChI is InChI=1S/C17H22N4O4S2/c1-25-15-5-3-4-14(11-15)20-6-8-21(9-7-20)16(22)10-13-12-26-17(18-13)19-27(2,23)24/h3-5,11-12H,6-10H2,1-2H3,(H,18,19). The van der Waals surface area contributed by atoms with Gasteiger partial charge in [0.1, 0.15) is 5.75 Å². The second-order valence-corrected chi connectivity index (χ2v) is 8.87. The van der Waals surface area contributed by atoms with Crippen LogP contribution in [0.15, 0.2) is 29.6 Å². The second kappa shape index (κ2) is 8.13. The van der Waals surface area contributed by atoms with Gasteiger partial charge in [-0.05, 0) is 12.1 Å². The highest BCUT2D eigenvalue weighted by Gasteiger charge is 2.22. The van der Waals surface area contributed by atoms with Crippen LogP contribution in [0.1, 0.15) is 5.69 Å². The minimum Gasteiger partial charge on any atom is -0.497 e. The first kappa shape index (κ1) is 19.4. The number of thiazole rings is 1. The Labute approximate surface area is 162 Å². The van der Waals surface area contributed by atoms with Crippen LogP contribution in [0, 0.1) is 0 Å². The van der Waals surface area contributed by atoms with Crippen molar-refractivity contribution in [1.82, 2.24) is 9.88 Å². The van der Waals surface area contributed by atoms with Crippen molar-refractivity contribution in [3.63, 3.8) is 0 Å². The first-order valence-corrected chi connectivity index (χ1v) is 11.2. The largest absolute Gasteiger partial charge is 0.497 e. The summed E-state index contributed by atoms with van der Waals surface area (Å²) in [5.41, 5.74) is 1.66. The lowest BCUT2D eigenvalue weighted by atomic mass is 10.2. The van der Waals surface area contributed by atoms with Crippen LogP contribution in [-0.2, 0) is 21.2 Å². The van der Waals surface area contributed by atoms with Crippen molar-refractivity contribution < 1.29 is 17.9 Å². The number of nitrogens with zero attached hydrogens (tertiary/aromatic N) is 3. The summed E-state index contributed by atoms with van der Waals surface area (Å²) in [4.78, 5) is 20.7. The molecule has 0 unspecified atom stereocenters. The summed E-state index contributed by atoms with van der Waals surface area (Å²) >= 11 is 1.17. The zero-order valence-corrected chi connectivity index (χ0v) is 16.8. The molecule has 0 radical (unpaired) electrons. The molecule has 1 aliphatic rings. The summed E-state index contributed by atoms with van der Waals surface area (Å²) in [7, 11) is -1.72. The summed E-state index contributed by atoms with van der Waals surface area (Å²) in [6, 6.07) is 7.88. The summed E-state index contributed by atoms with van der Waals surface area (Å²) in [5, 5.41) is 1.99. The van der Waals surface area contributed by atoms with Gasteiger partial charge in [0, 0.05) is 43.3 Å². The van der Waals surface area contributed by atoms with E-state index in [-0.39, 0.29) is 17.5 Å². The fourth-order valence-corrected chi connectivity index (χ4v) is 4.44. The van der Waals surface area contributed by atoms with E-state index in [2.05, 4.69) is 14.6 Å². The number of hydrogen-bond donors (Lipinski definition) is 1. The maximum absolute atomic E-state index is 12.5. The third-order valence-electron chi connectivity index (χ3n) is 4.21. The summed E-state index contributed by atoms with van der Waals surface area (Å²) < 4.78 is 30.1. The van der Waals surface area contributed by atoms with Gasteiger partial charge in [0.2, 0.25) is 15.9 Å². The number of hydrogen-bond acceptors (Lipinski definition) is 7. The van der Waals surface area contributed by atoms with Gasteiger partial charge in [0.25, 0.3) is 0 Å². The van der Waals surface area contributed by atoms with Crippen molar-refractivity contribution in [1.29, 1.82) is 0 Å².